The number of hydrogen-bond acceptors (Lipinski definition) is 6. The monoisotopic (exact) mass is 457 g/mol. The number of benzene rings is 1. The van der Waals surface area contributed by atoms with Gasteiger partial charge >= 0.3 is 6.03 Å². The number of piperazine rings is 1. The average molecular weight is 458 g/mol. The number of aromatic nitrogens is 1. The number of β-amino-alcohol motifs (C(OH)–C–C–N with tert-alkyl or cyclic N) is 1. The Hall–Kier alpha value is -1.90. The second-order valence-corrected chi connectivity index (χ2v) is 10.9. The van der Waals surface area contributed by atoms with Gasteiger partial charge in [0.15, 0.2) is 0 Å². The fraction of sp³-hybridized carbons (Fsp3) is 0.667. The standard InChI is InChI=1S/C24H35N5O2S/c1-24(31)16-29(17-24)23(30)25-19-8-6-18(7-9-19)10-11-27-12-14-28(15-13-27)22-20-4-2-3-5-21(20)32-26-22/h2-5,18-19,31H,6-17H2,1H3,(H,25,30). The summed E-state index contributed by atoms with van der Waals surface area (Å²) in [4.78, 5) is 19.0. The minimum absolute atomic E-state index is 0.00858. The fourth-order valence-corrected chi connectivity index (χ4v) is 6.23. The van der Waals surface area contributed by atoms with Gasteiger partial charge in [0, 0.05) is 37.6 Å². The van der Waals surface area contributed by atoms with Gasteiger partial charge in [-0.15, -0.1) is 0 Å². The van der Waals surface area contributed by atoms with Crippen molar-refractivity contribution in [3.63, 3.8) is 0 Å². The Balaban J connectivity index is 1.00. The van der Waals surface area contributed by atoms with E-state index >= 15 is 0 Å². The van der Waals surface area contributed by atoms with Gasteiger partial charge in [-0.3, -0.25) is 4.90 Å². The number of fused-ring (bicyclic) bond motifs is 1. The molecule has 0 unspecified atom stereocenters. The molecule has 174 valence electrons. The zero-order valence-corrected chi connectivity index (χ0v) is 19.8. The molecule has 0 spiro atoms. The molecule has 8 heteroatoms. The topological polar surface area (TPSA) is 71.9 Å². The number of carbonyl (C=O) groups excluding carboxylic acids is 1. The maximum absolute atomic E-state index is 12.3. The molecule has 2 amide bonds. The first-order chi connectivity index (χ1) is 15.5. The summed E-state index contributed by atoms with van der Waals surface area (Å²) in [5.74, 6) is 1.93. The van der Waals surface area contributed by atoms with E-state index in [0.717, 1.165) is 50.8 Å². The van der Waals surface area contributed by atoms with Crippen LogP contribution in [0.1, 0.15) is 39.0 Å². The predicted molar refractivity (Wildman–Crippen MR) is 129 cm³/mol. The van der Waals surface area contributed by atoms with Crippen LogP contribution in [0.25, 0.3) is 10.1 Å². The van der Waals surface area contributed by atoms with Crippen LogP contribution in [0, 0.1) is 5.92 Å². The van der Waals surface area contributed by atoms with E-state index in [1.165, 1.54) is 35.9 Å². The van der Waals surface area contributed by atoms with Crippen molar-refractivity contribution in [3.05, 3.63) is 24.3 Å². The zero-order chi connectivity index (χ0) is 22.1. The van der Waals surface area contributed by atoms with Gasteiger partial charge in [0.1, 0.15) is 5.82 Å². The average Bonchev–Trinajstić information content (AvgIpc) is 3.21. The van der Waals surface area contributed by atoms with E-state index in [4.69, 9.17) is 4.37 Å². The largest absolute Gasteiger partial charge is 0.386 e. The highest BCUT2D eigenvalue weighted by Gasteiger charge is 2.40. The van der Waals surface area contributed by atoms with Crippen LogP contribution in [0.4, 0.5) is 10.6 Å². The molecule has 3 aliphatic rings. The highest BCUT2D eigenvalue weighted by Crippen LogP contribution is 2.31. The molecular weight excluding hydrogens is 422 g/mol. The number of nitrogens with one attached hydrogen (secondary N) is 1. The lowest BCUT2D eigenvalue weighted by atomic mass is 9.84. The van der Waals surface area contributed by atoms with Crippen molar-refractivity contribution in [2.75, 3.05) is 50.7 Å². The van der Waals surface area contributed by atoms with E-state index in [1.54, 1.807) is 23.4 Å². The minimum atomic E-state index is -0.700. The van der Waals surface area contributed by atoms with Gasteiger partial charge < -0.3 is 20.2 Å². The number of urea groups is 1. The number of amides is 2. The molecule has 32 heavy (non-hydrogen) atoms. The van der Waals surface area contributed by atoms with Crippen LogP contribution in [0.3, 0.4) is 0 Å². The van der Waals surface area contributed by atoms with E-state index in [9.17, 15) is 9.90 Å². The number of hydrogen-bond donors (Lipinski definition) is 2. The molecule has 5 rings (SSSR count). The molecule has 3 heterocycles. The number of carbonyl (C=O) groups is 1. The Kier molecular flexibility index (Phi) is 6.27. The van der Waals surface area contributed by atoms with Crippen LogP contribution in [0.15, 0.2) is 24.3 Å². The number of aliphatic hydroxyl groups is 1. The highest BCUT2D eigenvalue weighted by molar-refractivity contribution is 7.13. The summed E-state index contributed by atoms with van der Waals surface area (Å²) in [5.41, 5.74) is -0.700. The summed E-state index contributed by atoms with van der Waals surface area (Å²) in [6, 6.07) is 8.81. The maximum atomic E-state index is 12.3. The van der Waals surface area contributed by atoms with Gasteiger partial charge in [0.25, 0.3) is 0 Å². The molecule has 0 bridgehead atoms. The number of anilines is 1. The Morgan fingerprint density at radius 3 is 2.59 bits per heavy atom. The van der Waals surface area contributed by atoms with E-state index < -0.39 is 5.60 Å². The quantitative estimate of drug-likeness (QED) is 0.722. The van der Waals surface area contributed by atoms with Gasteiger partial charge in [-0.25, -0.2) is 4.79 Å². The zero-order valence-electron chi connectivity index (χ0n) is 19.0. The number of likely N-dealkylation sites (tertiary alicyclic amines) is 1. The maximum Gasteiger partial charge on any atom is 0.317 e. The lowest BCUT2D eigenvalue weighted by Gasteiger charge is -2.44. The van der Waals surface area contributed by atoms with Crippen LogP contribution in [0.2, 0.25) is 0 Å². The Labute approximate surface area is 194 Å². The summed E-state index contributed by atoms with van der Waals surface area (Å²) in [6.45, 7) is 8.17. The summed E-state index contributed by atoms with van der Waals surface area (Å²) < 4.78 is 5.99. The Morgan fingerprint density at radius 2 is 1.88 bits per heavy atom. The minimum Gasteiger partial charge on any atom is -0.386 e. The van der Waals surface area contributed by atoms with Crippen molar-refractivity contribution in [2.24, 2.45) is 5.92 Å². The first kappa shape index (κ1) is 21.9. The third-order valence-corrected chi connectivity index (χ3v) is 8.23. The van der Waals surface area contributed by atoms with Crippen LogP contribution in [0.5, 0.6) is 0 Å². The lowest BCUT2D eigenvalue weighted by molar-refractivity contribution is -0.0612. The van der Waals surface area contributed by atoms with E-state index in [1.807, 2.05) is 0 Å². The van der Waals surface area contributed by atoms with Crippen molar-refractivity contribution < 1.29 is 9.90 Å². The Morgan fingerprint density at radius 1 is 1.16 bits per heavy atom. The van der Waals surface area contributed by atoms with Crippen LogP contribution >= 0.6 is 11.5 Å². The molecule has 1 aliphatic carbocycles. The molecule has 3 fully saturated rings. The SMILES string of the molecule is CC1(O)CN(C(=O)NC2CCC(CCN3CCN(c4nsc5ccccc45)CC3)CC2)C1. The third kappa shape index (κ3) is 4.87. The van der Waals surface area contributed by atoms with Crippen LogP contribution in [-0.4, -0.2) is 82.8 Å². The first-order valence-corrected chi connectivity index (χ1v) is 12.8. The highest BCUT2D eigenvalue weighted by atomic mass is 32.1. The second kappa shape index (κ2) is 9.15. The van der Waals surface area contributed by atoms with Gasteiger partial charge in [-0.05, 0) is 75.2 Å². The van der Waals surface area contributed by atoms with Crippen molar-refractivity contribution in [1.82, 2.24) is 19.5 Å². The van der Waals surface area contributed by atoms with E-state index in [-0.39, 0.29) is 6.03 Å². The molecule has 7 nitrogen and oxygen atoms in total. The summed E-state index contributed by atoms with van der Waals surface area (Å²) in [7, 11) is 0. The second-order valence-electron chi connectivity index (χ2n) is 10.1. The summed E-state index contributed by atoms with van der Waals surface area (Å²) >= 11 is 1.60. The molecular formula is C24H35N5O2S. The predicted octanol–water partition coefficient (Wildman–Crippen LogP) is 3.14. The van der Waals surface area contributed by atoms with Crippen molar-refractivity contribution in [2.45, 2.75) is 50.7 Å². The fourth-order valence-electron chi connectivity index (χ4n) is 5.43. The third-order valence-electron chi connectivity index (χ3n) is 7.41. The normalized spacial score (nSPS) is 26.2. The first-order valence-electron chi connectivity index (χ1n) is 12.1. The van der Waals surface area contributed by atoms with Gasteiger partial charge in [-0.1, -0.05) is 12.1 Å². The molecule has 2 saturated heterocycles. The van der Waals surface area contributed by atoms with E-state index in [2.05, 4.69) is 39.4 Å². The number of rotatable bonds is 5. The van der Waals surface area contributed by atoms with Gasteiger partial charge in [0.2, 0.25) is 0 Å². The van der Waals surface area contributed by atoms with Crippen LogP contribution in [-0.2, 0) is 0 Å². The molecule has 2 aliphatic heterocycles. The molecule has 1 aromatic heterocycles. The summed E-state index contributed by atoms with van der Waals surface area (Å²) in [6.07, 6.45) is 5.81. The summed E-state index contributed by atoms with van der Waals surface area (Å²) in [5, 5.41) is 14.3. The van der Waals surface area contributed by atoms with Crippen molar-refractivity contribution >= 4 is 33.5 Å². The molecule has 0 atom stereocenters. The van der Waals surface area contributed by atoms with Gasteiger partial charge in [-0.2, -0.15) is 4.37 Å². The molecule has 1 saturated carbocycles. The molecule has 2 aromatic rings. The Bertz CT molecular complexity index is 923. The molecule has 1 aromatic carbocycles. The smallest absolute Gasteiger partial charge is 0.317 e. The lowest BCUT2D eigenvalue weighted by Crippen LogP contribution is -2.64. The molecule has 0 radical (unpaired) electrons. The van der Waals surface area contributed by atoms with E-state index in [0.29, 0.717) is 19.1 Å². The van der Waals surface area contributed by atoms with Gasteiger partial charge in [0.05, 0.1) is 23.4 Å². The van der Waals surface area contributed by atoms with Crippen molar-refractivity contribution in [1.29, 1.82) is 0 Å². The van der Waals surface area contributed by atoms with Crippen LogP contribution < -0.4 is 10.2 Å². The number of nitrogens with zero attached hydrogens (tertiary/aromatic N) is 4. The van der Waals surface area contributed by atoms with Crippen molar-refractivity contribution in [3.8, 4) is 0 Å². The molecule has 2 N–H and O–H groups in total.